The van der Waals surface area contributed by atoms with E-state index >= 15 is 0 Å². The number of aliphatic imine (C=N–C) groups is 1. The van der Waals surface area contributed by atoms with Gasteiger partial charge in [-0.05, 0) is 30.0 Å². The molecule has 0 saturated carbocycles. The van der Waals surface area contributed by atoms with Crippen LogP contribution in [-0.2, 0) is 14.3 Å². The van der Waals surface area contributed by atoms with E-state index in [0.717, 1.165) is 11.8 Å². The molecule has 0 bridgehead atoms. The van der Waals surface area contributed by atoms with Crippen LogP contribution >= 0.6 is 11.8 Å². The first kappa shape index (κ1) is 16.7. The van der Waals surface area contributed by atoms with Gasteiger partial charge in [0, 0.05) is 13.1 Å². The summed E-state index contributed by atoms with van der Waals surface area (Å²) in [5.74, 6) is -0.210. The lowest BCUT2D eigenvalue weighted by molar-refractivity contribution is -0.133. The first-order valence-corrected chi connectivity index (χ1v) is 8.81. The second-order valence-corrected chi connectivity index (χ2v) is 6.74. The zero-order valence-electron chi connectivity index (χ0n) is 13.7. The van der Waals surface area contributed by atoms with Crippen LogP contribution in [0.1, 0.15) is 12.2 Å². The van der Waals surface area contributed by atoms with E-state index in [1.54, 1.807) is 17.0 Å². The van der Waals surface area contributed by atoms with Gasteiger partial charge in [0.05, 0.1) is 31.5 Å². The van der Waals surface area contributed by atoms with Gasteiger partial charge < -0.3 is 14.1 Å². The average molecular weight is 373 g/mol. The molecular weight excluding hydrogens is 358 g/mol. The zero-order valence-corrected chi connectivity index (χ0v) is 14.5. The quantitative estimate of drug-likeness (QED) is 0.796. The molecule has 0 radical (unpaired) electrons. The number of thioether (sulfide) groups is 1. The molecule has 2 amide bonds. The van der Waals surface area contributed by atoms with Crippen molar-refractivity contribution in [1.29, 1.82) is 5.41 Å². The van der Waals surface area contributed by atoms with E-state index in [1.165, 1.54) is 17.3 Å². The van der Waals surface area contributed by atoms with Gasteiger partial charge in [-0.15, -0.1) is 0 Å². The van der Waals surface area contributed by atoms with Crippen LogP contribution in [0.15, 0.2) is 38.5 Å². The summed E-state index contributed by atoms with van der Waals surface area (Å²) in [6.07, 6.45) is 3.05. The molecule has 0 spiro atoms. The van der Waals surface area contributed by atoms with Gasteiger partial charge >= 0.3 is 0 Å². The summed E-state index contributed by atoms with van der Waals surface area (Å²) < 4.78 is 10.4. The van der Waals surface area contributed by atoms with Crippen molar-refractivity contribution in [3.8, 4) is 0 Å². The number of amidine groups is 2. The minimum atomic E-state index is -0.527. The number of hydrogen-bond acceptors (Lipinski definition) is 7. The molecule has 0 unspecified atom stereocenters. The smallest absolute Gasteiger partial charge is 0.283 e. The number of furan rings is 1. The second-order valence-electron chi connectivity index (χ2n) is 5.70. The van der Waals surface area contributed by atoms with Gasteiger partial charge in [0.1, 0.15) is 10.8 Å². The largest absolute Gasteiger partial charge is 0.465 e. The van der Waals surface area contributed by atoms with E-state index in [2.05, 4.69) is 10.1 Å². The minimum absolute atomic E-state index is 0.0517. The van der Waals surface area contributed by atoms with Gasteiger partial charge in [0.15, 0.2) is 5.84 Å². The first-order valence-electron chi connectivity index (χ1n) is 8.00. The molecule has 1 saturated heterocycles. The maximum absolute atomic E-state index is 12.4. The molecule has 0 aliphatic carbocycles. The van der Waals surface area contributed by atoms with E-state index < -0.39 is 5.91 Å². The van der Waals surface area contributed by atoms with Crippen molar-refractivity contribution in [2.45, 2.75) is 6.42 Å². The van der Waals surface area contributed by atoms with Crippen LogP contribution < -0.4 is 0 Å². The highest BCUT2D eigenvalue weighted by Gasteiger charge is 2.36. The molecule has 3 aliphatic heterocycles. The molecule has 0 atom stereocenters. The maximum Gasteiger partial charge on any atom is 0.283 e. The molecule has 134 valence electrons. The predicted molar refractivity (Wildman–Crippen MR) is 95.7 cm³/mol. The zero-order chi connectivity index (χ0) is 18.1. The number of hydrogen-bond donors (Lipinski definition) is 1. The van der Waals surface area contributed by atoms with Crippen LogP contribution in [-0.4, -0.2) is 64.1 Å². The summed E-state index contributed by atoms with van der Waals surface area (Å²) in [5, 5.41) is 14.6. The van der Waals surface area contributed by atoms with Crippen LogP contribution in [0.25, 0.3) is 6.08 Å². The number of carbonyl (C=O) groups is 2. The monoisotopic (exact) mass is 373 g/mol. The summed E-state index contributed by atoms with van der Waals surface area (Å²) in [7, 11) is 0. The number of fused-ring (bicyclic) bond motifs is 1. The normalized spacial score (nSPS) is 21.8. The fourth-order valence-corrected chi connectivity index (χ4v) is 3.55. The van der Waals surface area contributed by atoms with E-state index in [1.807, 2.05) is 0 Å². The van der Waals surface area contributed by atoms with Gasteiger partial charge in [-0.1, -0.05) is 0 Å². The fourth-order valence-electron chi connectivity index (χ4n) is 2.67. The summed E-state index contributed by atoms with van der Waals surface area (Å²) >= 11 is 1.14. The number of morpholine rings is 1. The molecule has 0 aromatic carbocycles. The number of ether oxygens (including phenoxy) is 1. The van der Waals surface area contributed by atoms with Crippen molar-refractivity contribution < 1.29 is 18.7 Å². The Balaban J connectivity index is 1.51. The lowest BCUT2D eigenvalue weighted by Crippen LogP contribution is -2.41. The molecule has 1 N–H and O–H groups in total. The first-order chi connectivity index (χ1) is 12.6. The average Bonchev–Trinajstić information content (AvgIpc) is 3.29. The Labute approximate surface area is 152 Å². The van der Waals surface area contributed by atoms with Gasteiger partial charge in [0.2, 0.25) is 11.1 Å². The van der Waals surface area contributed by atoms with Crippen molar-refractivity contribution in [2.24, 2.45) is 10.1 Å². The Morgan fingerprint density at radius 2 is 2.19 bits per heavy atom. The van der Waals surface area contributed by atoms with Gasteiger partial charge in [-0.25, -0.2) is 0 Å². The molecule has 1 aromatic rings. The van der Waals surface area contributed by atoms with Gasteiger partial charge in [-0.2, -0.15) is 15.1 Å². The molecule has 1 aromatic heterocycles. The summed E-state index contributed by atoms with van der Waals surface area (Å²) in [5.41, 5.74) is 0.0915. The second kappa shape index (κ2) is 6.89. The van der Waals surface area contributed by atoms with Crippen molar-refractivity contribution in [1.82, 2.24) is 9.91 Å². The highest BCUT2D eigenvalue weighted by Crippen LogP contribution is 2.29. The Morgan fingerprint density at radius 1 is 1.38 bits per heavy atom. The third-order valence-electron chi connectivity index (χ3n) is 3.99. The van der Waals surface area contributed by atoms with Crippen LogP contribution in [0.3, 0.4) is 0 Å². The Kier molecular flexibility index (Phi) is 4.43. The molecule has 4 rings (SSSR count). The molecule has 3 aliphatic rings. The molecular formula is C16H15N5O4S. The third kappa shape index (κ3) is 3.20. The van der Waals surface area contributed by atoms with Crippen LogP contribution in [0.5, 0.6) is 0 Å². The molecule has 26 heavy (non-hydrogen) atoms. The summed E-state index contributed by atoms with van der Waals surface area (Å²) in [6.45, 7) is 2.19. The minimum Gasteiger partial charge on any atom is -0.465 e. The molecule has 4 heterocycles. The lowest BCUT2D eigenvalue weighted by atomic mass is 10.1. The van der Waals surface area contributed by atoms with Crippen LogP contribution in [0, 0.1) is 5.41 Å². The van der Waals surface area contributed by atoms with Crippen LogP contribution in [0.2, 0.25) is 0 Å². The Hall–Kier alpha value is -2.72. The standard InChI is InChI=1S/C16H15N5O4S/c17-14-11(8-10-2-1-5-25-10)15(23)18-16-21(14)19-12(26-16)9-13(22)20-3-6-24-7-4-20/h1-2,5,8,17H,3-4,6-7,9H2/b11-8-,17-14?. The summed E-state index contributed by atoms with van der Waals surface area (Å²) in [4.78, 5) is 30.3. The van der Waals surface area contributed by atoms with Crippen molar-refractivity contribution in [3.05, 3.63) is 29.7 Å². The highest BCUT2D eigenvalue weighted by atomic mass is 32.2. The number of nitrogens with zero attached hydrogens (tertiary/aromatic N) is 4. The van der Waals surface area contributed by atoms with Crippen molar-refractivity contribution in [3.63, 3.8) is 0 Å². The molecule has 9 nitrogen and oxygen atoms in total. The Bertz CT molecular complexity index is 852. The third-order valence-corrected chi connectivity index (χ3v) is 4.90. The fraction of sp³-hybridized carbons (Fsp3) is 0.312. The topological polar surface area (TPSA) is 112 Å². The highest BCUT2D eigenvalue weighted by molar-refractivity contribution is 8.27. The van der Waals surface area contributed by atoms with E-state index in [0.29, 0.717) is 42.3 Å². The van der Waals surface area contributed by atoms with Crippen molar-refractivity contribution in [2.75, 3.05) is 26.3 Å². The maximum atomic E-state index is 12.4. The van der Waals surface area contributed by atoms with E-state index in [4.69, 9.17) is 14.6 Å². The van der Waals surface area contributed by atoms with Crippen LogP contribution in [0.4, 0.5) is 0 Å². The van der Waals surface area contributed by atoms with Gasteiger partial charge in [-0.3, -0.25) is 15.0 Å². The number of nitrogens with one attached hydrogen (secondary N) is 1. The van der Waals surface area contributed by atoms with Crippen molar-refractivity contribution >= 4 is 45.7 Å². The summed E-state index contributed by atoms with van der Waals surface area (Å²) in [6, 6.07) is 3.37. The number of carbonyl (C=O) groups excluding carboxylic acids is 2. The van der Waals surface area contributed by atoms with E-state index in [-0.39, 0.29) is 23.7 Å². The van der Waals surface area contributed by atoms with Gasteiger partial charge in [0.25, 0.3) is 5.91 Å². The SMILES string of the molecule is N=C1/C(=C/c2ccco2)C(=O)N=C2SC(CC(=O)N3CCOCC3)=NN12. The predicted octanol–water partition coefficient (Wildman–Crippen LogP) is 1.15. The molecule has 1 fully saturated rings. The number of amides is 2. The lowest BCUT2D eigenvalue weighted by Gasteiger charge is -2.26. The Morgan fingerprint density at radius 3 is 2.92 bits per heavy atom. The molecule has 10 heteroatoms. The number of hydrazone groups is 1. The van der Waals surface area contributed by atoms with E-state index in [9.17, 15) is 9.59 Å². The number of rotatable bonds is 3.